The van der Waals surface area contributed by atoms with Gasteiger partial charge in [-0.05, 0) is 76.1 Å². The van der Waals surface area contributed by atoms with Crippen molar-refractivity contribution in [3.05, 3.63) is 59.7 Å². The molecule has 2 aromatic rings. The van der Waals surface area contributed by atoms with Gasteiger partial charge in [-0.1, -0.05) is 48.5 Å². The Morgan fingerprint density at radius 3 is 2.05 bits per heavy atom. The first-order valence-electron chi connectivity index (χ1n) is 14.4. The summed E-state index contributed by atoms with van der Waals surface area (Å²) < 4.78 is 39.6. The highest BCUT2D eigenvalue weighted by Crippen LogP contribution is 2.45. The van der Waals surface area contributed by atoms with E-state index >= 15 is 0 Å². The number of carboxylic acids is 1. The van der Waals surface area contributed by atoms with Gasteiger partial charge >= 0.3 is 18.2 Å². The molecule has 0 saturated carbocycles. The van der Waals surface area contributed by atoms with Gasteiger partial charge < -0.3 is 19.5 Å². The van der Waals surface area contributed by atoms with E-state index in [1.54, 1.807) is 20.8 Å². The molecule has 1 N–H and O–H groups in total. The maximum absolute atomic E-state index is 14.1. The number of likely N-dealkylation sites (tertiary alicyclic amines) is 1. The number of hydrogen-bond donors (Lipinski definition) is 1. The lowest BCUT2D eigenvalue weighted by Gasteiger charge is -2.48. The van der Waals surface area contributed by atoms with Gasteiger partial charge in [0.15, 0.2) is 5.54 Å². The zero-order valence-electron chi connectivity index (χ0n) is 24.9. The largest absolute Gasteiger partial charge is 0.479 e. The van der Waals surface area contributed by atoms with Crippen molar-refractivity contribution in [2.45, 2.75) is 89.3 Å². The summed E-state index contributed by atoms with van der Waals surface area (Å²) in [4.78, 5) is 42.2. The summed E-state index contributed by atoms with van der Waals surface area (Å²) in [5.41, 5.74) is 1.05. The number of ether oxygens (including phenoxy) is 2. The van der Waals surface area contributed by atoms with Gasteiger partial charge in [0.25, 0.3) is 0 Å². The van der Waals surface area contributed by atoms with Crippen molar-refractivity contribution in [3.63, 3.8) is 0 Å². The number of aliphatic carboxylic acids is 1. The minimum absolute atomic E-state index is 0.109. The van der Waals surface area contributed by atoms with Crippen molar-refractivity contribution in [2.24, 2.45) is 0 Å². The van der Waals surface area contributed by atoms with Crippen LogP contribution in [0.4, 0.5) is 18.4 Å². The van der Waals surface area contributed by atoms with Crippen molar-refractivity contribution in [3.8, 4) is 11.1 Å². The maximum atomic E-state index is 14.1. The lowest BCUT2D eigenvalue weighted by atomic mass is 9.83. The molecule has 2 aliphatic rings. The number of hydrogen-bond acceptors (Lipinski definition) is 5. The van der Waals surface area contributed by atoms with E-state index in [-0.39, 0.29) is 25.5 Å². The molecule has 1 aliphatic heterocycles. The first kappa shape index (κ1) is 31.3. The van der Waals surface area contributed by atoms with Crippen LogP contribution in [0.5, 0.6) is 0 Å². The maximum Gasteiger partial charge on any atom is 0.410 e. The number of halogens is 2. The molecule has 1 aliphatic carbocycles. The molecule has 8 nitrogen and oxygen atoms in total. The second kappa shape index (κ2) is 11.9. The second-order valence-corrected chi connectivity index (χ2v) is 12.4. The van der Waals surface area contributed by atoms with E-state index in [0.717, 1.165) is 27.2 Å². The third kappa shape index (κ3) is 6.52. The Bertz CT molecular complexity index is 1280. The van der Waals surface area contributed by atoms with Crippen LogP contribution in [-0.2, 0) is 14.3 Å². The Morgan fingerprint density at radius 1 is 0.952 bits per heavy atom. The number of carboxylic acid groups (broad SMARTS) is 1. The van der Waals surface area contributed by atoms with Gasteiger partial charge in [0.2, 0.25) is 5.92 Å². The molecular weight excluding hydrogens is 546 g/mol. The molecule has 0 spiro atoms. The van der Waals surface area contributed by atoms with Crippen LogP contribution in [0.1, 0.15) is 77.3 Å². The van der Waals surface area contributed by atoms with Gasteiger partial charge in [-0.2, -0.15) is 0 Å². The lowest BCUT2D eigenvalue weighted by molar-refractivity contribution is -0.156. The van der Waals surface area contributed by atoms with Crippen LogP contribution in [0.2, 0.25) is 0 Å². The molecular formula is C32H40F2N2O6. The number of rotatable bonds is 8. The standard InChI is InChI=1S/C32H40F2N2O6/c1-30(2,3)42-28(39)35-18-11-10-16-26(35)32(5,27(37)38)36(19-17-31(4,33)34)29(40)41-20-25-23-14-8-6-12-21(23)22-13-7-9-15-24(22)25/h6-9,12-15,25-26H,10-11,16-20H2,1-5H3,(H,37,38)/t26-,32?/m0/s1. The van der Waals surface area contributed by atoms with E-state index < -0.39 is 54.2 Å². The average molecular weight is 587 g/mol. The number of benzene rings is 2. The van der Waals surface area contributed by atoms with Gasteiger partial charge in [0, 0.05) is 25.4 Å². The molecule has 1 heterocycles. The molecule has 0 radical (unpaired) electrons. The summed E-state index contributed by atoms with van der Waals surface area (Å²) in [6, 6.07) is 14.5. The fourth-order valence-electron chi connectivity index (χ4n) is 5.99. The third-order valence-corrected chi connectivity index (χ3v) is 8.10. The minimum atomic E-state index is -3.17. The Labute approximate surface area is 245 Å². The zero-order valence-corrected chi connectivity index (χ0v) is 24.9. The molecule has 2 amide bonds. The molecule has 0 bridgehead atoms. The summed E-state index contributed by atoms with van der Waals surface area (Å²) in [6.45, 7) is 6.65. The van der Waals surface area contributed by atoms with E-state index in [9.17, 15) is 28.3 Å². The highest BCUT2D eigenvalue weighted by atomic mass is 19.3. The first-order valence-corrected chi connectivity index (χ1v) is 14.4. The molecule has 42 heavy (non-hydrogen) atoms. The molecule has 10 heteroatoms. The number of alkyl halides is 2. The molecule has 2 atom stereocenters. The van der Waals surface area contributed by atoms with Crippen LogP contribution in [0.3, 0.4) is 0 Å². The fourth-order valence-corrected chi connectivity index (χ4v) is 5.99. The monoisotopic (exact) mass is 586 g/mol. The predicted octanol–water partition coefficient (Wildman–Crippen LogP) is 6.92. The predicted molar refractivity (Wildman–Crippen MR) is 154 cm³/mol. The summed E-state index contributed by atoms with van der Waals surface area (Å²) in [6.07, 6.45) is -1.07. The van der Waals surface area contributed by atoms with Gasteiger partial charge in [0.1, 0.15) is 12.2 Å². The number of fused-ring (bicyclic) bond motifs is 3. The average Bonchev–Trinajstić information content (AvgIpc) is 3.23. The van der Waals surface area contributed by atoms with E-state index in [2.05, 4.69) is 0 Å². The second-order valence-electron chi connectivity index (χ2n) is 12.4. The van der Waals surface area contributed by atoms with Crippen molar-refractivity contribution in [1.29, 1.82) is 0 Å². The first-order chi connectivity index (χ1) is 19.6. The summed E-state index contributed by atoms with van der Waals surface area (Å²) in [7, 11) is 0. The van der Waals surface area contributed by atoms with Gasteiger partial charge in [0.05, 0.1) is 6.04 Å². The van der Waals surface area contributed by atoms with E-state index in [1.165, 1.54) is 11.8 Å². The summed E-state index contributed by atoms with van der Waals surface area (Å²) in [5, 5.41) is 10.6. The minimum Gasteiger partial charge on any atom is -0.479 e. The lowest BCUT2D eigenvalue weighted by Crippen LogP contribution is -2.68. The Kier molecular flexibility index (Phi) is 8.85. The molecule has 1 unspecified atom stereocenters. The van der Waals surface area contributed by atoms with Crippen molar-refractivity contribution >= 4 is 18.2 Å². The van der Waals surface area contributed by atoms with Crippen LogP contribution in [0.15, 0.2) is 48.5 Å². The number of carbonyl (C=O) groups is 3. The van der Waals surface area contributed by atoms with E-state index in [4.69, 9.17) is 9.47 Å². The number of piperidine rings is 1. The summed E-state index contributed by atoms with van der Waals surface area (Å²) in [5.74, 6) is -4.89. The summed E-state index contributed by atoms with van der Waals surface area (Å²) >= 11 is 0. The van der Waals surface area contributed by atoms with Crippen LogP contribution in [0, 0.1) is 0 Å². The molecule has 2 aromatic carbocycles. The van der Waals surface area contributed by atoms with Gasteiger partial charge in [-0.3, -0.25) is 4.90 Å². The van der Waals surface area contributed by atoms with Crippen LogP contribution >= 0.6 is 0 Å². The fraction of sp³-hybridized carbons (Fsp3) is 0.531. The number of carbonyl (C=O) groups excluding carboxylic acids is 2. The third-order valence-electron chi connectivity index (χ3n) is 8.10. The normalized spacial score (nSPS) is 18.5. The zero-order chi connectivity index (χ0) is 30.9. The SMILES string of the molecule is CC(F)(F)CCN(C(=O)OCC1c2ccccc2-c2ccccc21)C(C)(C(=O)O)[C@@H]1CCCCN1C(=O)OC(C)(C)C. The quantitative estimate of drug-likeness (QED) is 0.361. The Hall–Kier alpha value is -3.69. The number of amides is 2. The molecule has 1 saturated heterocycles. The van der Waals surface area contributed by atoms with Crippen LogP contribution < -0.4 is 0 Å². The van der Waals surface area contributed by atoms with Gasteiger partial charge in [-0.15, -0.1) is 0 Å². The van der Waals surface area contributed by atoms with Crippen LogP contribution in [0.25, 0.3) is 11.1 Å². The Morgan fingerprint density at radius 2 is 1.52 bits per heavy atom. The van der Waals surface area contributed by atoms with Crippen molar-refractivity contribution in [1.82, 2.24) is 9.80 Å². The topological polar surface area (TPSA) is 96.4 Å². The Balaban J connectivity index is 1.66. The van der Waals surface area contributed by atoms with Crippen molar-refractivity contribution < 1.29 is 37.7 Å². The van der Waals surface area contributed by atoms with Gasteiger partial charge in [-0.25, -0.2) is 23.2 Å². The van der Waals surface area contributed by atoms with Crippen molar-refractivity contribution in [2.75, 3.05) is 19.7 Å². The number of nitrogens with zero attached hydrogens (tertiary/aromatic N) is 2. The smallest absolute Gasteiger partial charge is 0.410 e. The molecule has 228 valence electrons. The van der Waals surface area contributed by atoms with Crippen LogP contribution in [-0.4, -0.2) is 75.9 Å². The molecule has 0 aromatic heterocycles. The highest BCUT2D eigenvalue weighted by Gasteiger charge is 2.54. The highest BCUT2D eigenvalue weighted by molar-refractivity contribution is 5.86. The van der Waals surface area contributed by atoms with E-state index in [1.807, 2.05) is 48.5 Å². The van der Waals surface area contributed by atoms with E-state index in [0.29, 0.717) is 19.8 Å². The molecule has 4 rings (SSSR count). The molecule has 1 fully saturated rings.